The number of aliphatic hydroxyl groups excluding tert-OH is 1. The van der Waals surface area contributed by atoms with Gasteiger partial charge in [-0.2, -0.15) is 0 Å². The Balaban J connectivity index is 3.85. The minimum Gasteiger partial charge on any atom is -0.756 e. The van der Waals surface area contributed by atoms with Crippen molar-refractivity contribution in [3.05, 3.63) is 72.9 Å². The van der Waals surface area contributed by atoms with Gasteiger partial charge in [-0.3, -0.25) is 9.36 Å². The molecule has 0 aromatic heterocycles. The maximum absolute atomic E-state index is 13.0. The van der Waals surface area contributed by atoms with E-state index >= 15 is 0 Å². The Bertz CT molecular complexity index is 1450. The molecule has 0 aromatic carbocycles. The number of carbonyl (C=O) groups is 1. The van der Waals surface area contributed by atoms with Gasteiger partial charge >= 0.3 is 0 Å². The zero-order chi connectivity index (χ0) is 54.9. The van der Waals surface area contributed by atoms with Gasteiger partial charge in [0.1, 0.15) is 13.2 Å². The molecule has 0 saturated carbocycles. The molecular weight excluding hydrogens is 948 g/mol. The maximum atomic E-state index is 13.0. The van der Waals surface area contributed by atoms with Gasteiger partial charge in [0.15, 0.2) is 0 Å². The number of nitrogens with one attached hydrogen (secondary N) is 1. The summed E-state index contributed by atoms with van der Waals surface area (Å²) >= 11 is 0. The fourth-order valence-electron chi connectivity index (χ4n) is 9.28. The number of phosphoric ester groups is 1. The van der Waals surface area contributed by atoms with Crippen LogP contribution in [0.3, 0.4) is 0 Å². The number of nitrogens with zero attached hydrogens (tertiary/aromatic N) is 1. The molecule has 0 fully saturated rings. The first kappa shape index (κ1) is 72.9. The largest absolute Gasteiger partial charge is 0.756 e. The zero-order valence-electron chi connectivity index (χ0n) is 50.0. The molecule has 0 aliphatic rings. The Morgan fingerprint density at radius 1 is 0.480 bits per heavy atom. The van der Waals surface area contributed by atoms with E-state index in [1.807, 2.05) is 21.1 Å². The van der Waals surface area contributed by atoms with E-state index in [0.29, 0.717) is 23.9 Å². The van der Waals surface area contributed by atoms with Crippen LogP contribution in [-0.4, -0.2) is 68.5 Å². The quantitative estimate of drug-likeness (QED) is 0.0272. The predicted octanol–water partition coefficient (Wildman–Crippen LogP) is 19.2. The number of amides is 1. The van der Waals surface area contributed by atoms with E-state index in [9.17, 15) is 19.4 Å². The molecule has 0 aliphatic heterocycles. The Morgan fingerprint density at radius 2 is 0.813 bits per heavy atom. The van der Waals surface area contributed by atoms with Crippen molar-refractivity contribution in [1.29, 1.82) is 0 Å². The number of phosphoric acid groups is 1. The van der Waals surface area contributed by atoms with Gasteiger partial charge in [0.25, 0.3) is 7.82 Å². The highest BCUT2D eigenvalue weighted by Gasteiger charge is 2.24. The van der Waals surface area contributed by atoms with Crippen molar-refractivity contribution in [2.75, 3.05) is 40.9 Å². The van der Waals surface area contributed by atoms with Gasteiger partial charge in [0.2, 0.25) is 5.91 Å². The summed E-state index contributed by atoms with van der Waals surface area (Å²) in [5.74, 6) is -0.162. The summed E-state index contributed by atoms with van der Waals surface area (Å²) in [6, 6.07) is -0.799. The third kappa shape index (κ3) is 59.4. The van der Waals surface area contributed by atoms with Crippen LogP contribution in [-0.2, 0) is 18.4 Å². The highest BCUT2D eigenvalue weighted by atomic mass is 31.2. The minimum atomic E-state index is -4.57. The molecule has 0 aromatic rings. The van der Waals surface area contributed by atoms with Crippen molar-refractivity contribution >= 4 is 13.7 Å². The first-order valence-electron chi connectivity index (χ1n) is 31.8. The van der Waals surface area contributed by atoms with Gasteiger partial charge < -0.3 is 28.8 Å². The van der Waals surface area contributed by atoms with Crippen molar-refractivity contribution in [3.8, 4) is 0 Å². The van der Waals surface area contributed by atoms with Crippen molar-refractivity contribution in [1.82, 2.24) is 5.32 Å². The third-order valence-electron chi connectivity index (χ3n) is 14.2. The number of allylic oxidation sites excluding steroid dienone is 12. The fraction of sp³-hybridized carbons (Fsp3) is 0.803. The summed E-state index contributed by atoms with van der Waals surface area (Å²) in [6.07, 6.45) is 78.3. The summed E-state index contributed by atoms with van der Waals surface area (Å²) in [6.45, 7) is 4.62. The van der Waals surface area contributed by atoms with E-state index in [0.717, 1.165) is 77.0 Å². The number of rotatable bonds is 58. The van der Waals surface area contributed by atoms with Crippen molar-refractivity contribution in [3.63, 3.8) is 0 Å². The summed E-state index contributed by atoms with van der Waals surface area (Å²) in [5.41, 5.74) is 0. The van der Waals surface area contributed by atoms with Crippen LogP contribution >= 0.6 is 7.82 Å². The number of hydrogen-bond donors (Lipinski definition) is 2. The number of carbonyl (C=O) groups excluding carboxylic acids is 1. The Labute approximate surface area is 465 Å². The van der Waals surface area contributed by atoms with Gasteiger partial charge in [-0.1, -0.05) is 292 Å². The number of aliphatic hydroxyl groups is 1. The molecule has 0 bridgehead atoms. The normalized spacial score (nSPS) is 14.3. The van der Waals surface area contributed by atoms with Crippen molar-refractivity contribution in [2.45, 2.75) is 302 Å². The topological polar surface area (TPSA) is 108 Å². The fourth-order valence-corrected chi connectivity index (χ4v) is 10.0. The Morgan fingerprint density at radius 3 is 1.19 bits per heavy atom. The predicted molar refractivity (Wildman–Crippen MR) is 325 cm³/mol. The average Bonchev–Trinajstić information content (AvgIpc) is 3.37. The second kappa shape index (κ2) is 56.7. The first-order valence-corrected chi connectivity index (χ1v) is 33.2. The van der Waals surface area contributed by atoms with Crippen molar-refractivity contribution in [2.24, 2.45) is 0 Å². The summed E-state index contributed by atoms with van der Waals surface area (Å²) in [7, 11) is 1.31. The van der Waals surface area contributed by atoms with Crippen LogP contribution in [0.4, 0.5) is 0 Å². The Hall–Kier alpha value is -2.06. The molecule has 9 heteroatoms. The lowest BCUT2D eigenvalue weighted by molar-refractivity contribution is -0.870. The van der Waals surface area contributed by atoms with Crippen LogP contribution in [0.2, 0.25) is 0 Å². The standard InChI is InChI=1S/C66H123N2O6P/c1-6-8-10-12-14-16-18-20-21-22-23-24-25-26-27-28-29-30-31-32-33-34-35-36-37-38-39-40-41-42-43-44-45-46-47-48-50-52-54-56-58-60-66(70)67-64(63-74-75(71,72)73-62-61-68(3,4)5)65(69)59-57-55-53-51-49-19-17-15-13-11-9-7-2/h8,10,14,16,20-21,23-24,26-27,29-30,64-65,69H,6-7,9,11-13,15,17-19,22,25,28,31-63H2,1-5H3,(H-,67,70,71,72)/b10-8-,16-14-,21-20-,24-23-,27-26-,30-29-. The highest BCUT2D eigenvalue weighted by Crippen LogP contribution is 2.38. The molecule has 8 nitrogen and oxygen atoms in total. The van der Waals surface area contributed by atoms with Gasteiger partial charge in [-0.25, -0.2) is 0 Å². The number of unbranched alkanes of at least 4 members (excludes halogenated alkanes) is 33. The summed E-state index contributed by atoms with van der Waals surface area (Å²) in [5, 5.41) is 14.0. The summed E-state index contributed by atoms with van der Waals surface area (Å²) < 4.78 is 23.4. The number of quaternary nitrogens is 1. The van der Waals surface area contributed by atoms with Gasteiger partial charge in [-0.05, 0) is 64.2 Å². The van der Waals surface area contributed by atoms with Gasteiger partial charge in [0, 0.05) is 6.42 Å². The molecule has 75 heavy (non-hydrogen) atoms. The molecule has 0 saturated heterocycles. The number of hydrogen-bond acceptors (Lipinski definition) is 6. The smallest absolute Gasteiger partial charge is 0.268 e. The average molecular weight is 1070 g/mol. The van der Waals surface area contributed by atoms with E-state index < -0.39 is 20.0 Å². The molecule has 438 valence electrons. The SMILES string of the molecule is CC/C=C\C/C=C\C/C=C\C/C=C\C/C=C\C/C=C\CCCCCCCCCCCCCCCCCCCCCCCCC(=O)NC(COP(=O)([O-])OCC[N+](C)(C)C)C(O)CCCCCCCCCCCCCC. The molecule has 3 unspecified atom stereocenters. The molecule has 0 aliphatic carbocycles. The molecule has 0 heterocycles. The van der Waals surface area contributed by atoms with Crippen LogP contribution in [0.5, 0.6) is 0 Å². The molecule has 1 amide bonds. The van der Waals surface area contributed by atoms with Crippen LogP contribution < -0.4 is 10.2 Å². The molecular formula is C66H123N2O6P. The second-order valence-corrected chi connectivity index (χ2v) is 24.2. The molecule has 0 spiro atoms. The molecule has 2 N–H and O–H groups in total. The molecule has 3 atom stereocenters. The third-order valence-corrected chi connectivity index (χ3v) is 15.2. The van der Waals surface area contributed by atoms with Crippen LogP contribution in [0.1, 0.15) is 290 Å². The highest BCUT2D eigenvalue weighted by molar-refractivity contribution is 7.45. The maximum Gasteiger partial charge on any atom is 0.268 e. The van der Waals surface area contributed by atoms with Crippen LogP contribution in [0, 0.1) is 0 Å². The molecule has 0 rings (SSSR count). The van der Waals surface area contributed by atoms with E-state index in [-0.39, 0.29) is 19.1 Å². The van der Waals surface area contributed by atoms with E-state index in [4.69, 9.17) is 9.05 Å². The summed E-state index contributed by atoms with van der Waals surface area (Å²) in [4.78, 5) is 25.5. The monoisotopic (exact) mass is 1070 g/mol. The zero-order valence-corrected chi connectivity index (χ0v) is 50.9. The lowest BCUT2D eigenvalue weighted by atomic mass is 10.0. The Kier molecular flexibility index (Phi) is 55.1. The van der Waals surface area contributed by atoms with Crippen LogP contribution in [0.15, 0.2) is 72.9 Å². The van der Waals surface area contributed by atoms with Gasteiger partial charge in [-0.15, -0.1) is 0 Å². The van der Waals surface area contributed by atoms with E-state index in [2.05, 4.69) is 92.1 Å². The first-order chi connectivity index (χ1) is 36.5. The van der Waals surface area contributed by atoms with Gasteiger partial charge in [0.05, 0.1) is 39.9 Å². The van der Waals surface area contributed by atoms with Crippen LogP contribution in [0.25, 0.3) is 0 Å². The molecule has 0 radical (unpaired) electrons. The minimum absolute atomic E-state index is 0.0126. The second-order valence-electron chi connectivity index (χ2n) is 22.7. The lowest BCUT2D eigenvalue weighted by Gasteiger charge is -2.30. The lowest BCUT2D eigenvalue weighted by Crippen LogP contribution is -2.46. The van der Waals surface area contributed by atoms with E-state index in [1.54, 1.807) is 0 Å². The van der Waals surface area contributed by atoms with E-state index in [1.165, 1.54) is 186 Å². The van der Waals surface area contributed by atoms with Crippen molar-refractivity contribution < 1.29 is 32.9 Å². The number of likely N-dealkylation sites (N-methyl/N-ethyl adjacent to an activating group) is 1.